The maximum Gasteiger partial charge on any atom is 0.223 e. The lowest BCUT2D eigenvalue weighted by Gasteiger charge is -2.34. The summed E-state index contributed by atoms with van der Waals surface area (Å²) in [4.78, 5) is 12.5. The number of nitrogens with two attached hydrogens (primary N) is 1. The molecule has 3 fully saturated rings. The molecule has 0 aromatic rings. The zero-order chi connectivity index (χ0) is 13.2. The Balaban J connectivity index is 0.00000147. The SMILES string of the molecule is Cl.NC[C@H]1CCC[C@H]1C(=O)NC1CCCC2OCCC12. The summed E-state index contributed by atoms with van der Waals surface area (Å²) in [6.45, 7) is 1.52. The topological polar surface area (TPSA) is 64.4 Å². The minimum Gasteiger partial charge on any atom is -0.378 e. The molecule has 1 aliphatic heterocycles. The molecule has 3 N–H and O–H groups in total. The maximum absolute atomic E-state index is 12.5. The lowest BCUT2D eigenvalue weighted by Crippen LogP contribution is -2.48. The molecular formula is C15H27ClN2O2. The van der Waals surface area contributed by atoms with Crippen molar-refractivity contribution in [2.75, 3.05) is 13.2 Å². The highest BCUT2D eigenvalue weighted by atomic mass is 35.5. The Kier molecular flexibility index (Phi) is 5.70. The molecule has 5 heteroatoms. The zero-order valence-electron chi connectivity index (χ0n) is 12.1. The van der Waals surface area contributed by atoms with Gasteiger partial charge < -0.3 is 15.8 Å². The van der Waals surface area contributed by atoms with Gasteiger partial charge in [0.25, 0.3) is 0 Å². The van der Waals surface area contributed by atoms with Gasteiger partial charge in [0.1, 0.15) is 0 Å². The van der Waals surface area contributed by atoms with Gasteiger partial charge in [0.15, 0.2) is 0 Å². The number of rotatable bonds is 3. The van der Waals surface area contributed by atoms with Crippen LogP contribution in [0, 0.1) is 17.8 Å². The molecule has 1 amide bonds. The van der Waals surface area contributed by atoms with Gasteiger partial charge in [-0.2, -0.15) is 0 Å². The van der Waals surface area contributed by atoms with E-state index in [0.29, 0.717) is 30.5 Å². The summed E-state index contributed by atoms with van der Waals surface area (Å²) in [6.07, 6.45) is 8.27. The first-order chi connectivity index (χ1) is 9.29. The minimum absolute atomic E-state index is 0. The van der Waals surface area contributed by atoms with Crippen molar-refractivity contribution in [1.82, 2.24) is 5.32 Å². The van der Waals surface area contributed by atoms with Gasteiger partial charge in [0.05, 0.1) is 6.10 Å². The largest absolute Gasteiger partial charge is 0.378 e. The summed E-state index contributed by atoms with van der Waals surface area (Å²) >= 11 is 0. The van der Waals surface area contributed by atoms with Crippen molar-refractivity contribution >= 4 is 18.3 Å². The third-order valence-corrected chi connectivity index (χ3v) is 5.41. The van der Waals surface area contributed by atoms with Crippen LogP contribution in [-0.4, -0.2) is 31.2 Å². The van der Waals surface area contributed by atoms with Gasteiger partial charge in [-0.05, 0) is 51.0 Å². The predicted octanol–water partition coefficient (Wildman–Crippen LogP) is 1.86. The smallest absolute Gasteiger partial charge is 0.223 e. The van der Waals surface area contributed by atoms with Gasteiger partial charge in [-0.3, -0.25) is 4.79 Å². The van der Waals surface area contributed by atoms with E-state index in [1.54, 1.807) is 0 Å². The summed E-state index contributed by atoms with van der Waals surface area (Å²) in [5, 5.41) is 3.32. The van der Waals surface area contributed by atoms with Crippen LogP contribution in [-0.2, 0) is 9.53 Å². The third kappa shape index (κ3) is 3.12. The minimum atomic E-state index is 0. The molecule has 4 nitrogen and oxygen atoms in total. The second-order valence-electron chi connectivity index (χ2n) is 6.44. The maximum atomic E-state index is 12.5. The lowest BCUT2D eigenvalue weighted by atomic mass is 9.81. The van der Waals surface area contributed by atoms with E-state index in [0.717, 1.165) is 38.7 Å². The van der Waals surface area contributed by atoms with E-state index in [1.165, 1.54) is 12.8 Å². The van der Waals surface area contributed by atoms with Crippen molar-refractivity contribution < 1.29 is 9.53 Å². The van der Waals surface area contributed by atoms with Crippen LogP contribution in [0.3, 0.4) is 0 Å². The molecular weight excluding hydrogens is 276 g/mol. The van der Waals surface area contributed by atoms with Gasteiger partial charge in [-0.1, -0.05) is 6.42 Å². The fourth-order valence-corrected chi connectivity index (χ4v) is 4.31. The number of carbonyl (C=O) groups is 1. The quantitative estimate of drug-likeness (QED) is 0.836. The normalized spacial score (nSPS) is 40.0. The molecule has 20 heavy (non-hydrogen) atoms. The van der Waals surface area contributed by atoms with Crippen molar-refractivity contribution in [3.8, 4) is 0 Å². The molecule has 3 aliphatic rings. The highest BCUT2D eigenvalue weighted by Crippen LogP contribution is 2.36. The van der Waals surface area contributed by atoms with E-state index >= 15 is 0 Å². The van der Waals surface area contributed by atoms with Crippen LogP contribution in [0.4, 0.5) is 0 Å². The summed E-state index contributed by atoms with van der Waals surface area (Å²) in [7, 11) is 0. The van der Waals surface area contributed by atoms with E-state index in [-0.39, 0.29) is 24.2 Å². The fraction of sp³-hybridized carbons (Fsp3) is 0.933. The number of amides is 1. The van der Waals surface area contributed by atoms with Gasteiger partial charge in [-0.25, -0.2) is 0 Å². The van der Waals surface area contributed by atoms with E-state index in [2.05, 4.69) is 5.32 Å². The molecule has 2 aliphatic carbocycles. The Bertz CT molecular complexity index is 340. The first kappa shape index (κ1) is 16.1. The number of carbonyl (C=O) groups excluding carboxylic acids is 1. The number of hydrogen-bond acceptors (Lipinski definition) is 3. The lowest BCUT2D eigenvalue weighted by molar-refractivity contribution is -0.127. The first-order valence-electron chi connectivity index (χ1n) is 7.91. The van der Waals surface area contributed by atoms with E-state index in [1.807, 2.05) is 0 Å². The fourth-order valence-electron chi connectivity index (χ4n) is 4.31. The molecule has 3 unspecified atom stereocenters. The van der Waals surface area contributed by atoms with Crippen LogP contribution in [0.1, 0.15) is 44.9 Å². The monoisotopic (exact) mass is 302 g/mol. The average molecular weight is 303 g/mol. The van der Waals surface area contributed by atoms with Crippen LogP contribution in [0.25, 0.3) is 0 Å². The van der Waals surface area contributed by atoms with Crippen molar-refractivity contribution in [2.45, 2.75) is 57.1 Å². The number of hydrogen-bond donors (Lipinski definition) is 2. The Hall–Kier alpha value is -0.320. The number of halogens is 1. The predicted molar refractivity (Wildman–Crippen MR) is 80.8 cm³/mol. The molecule has 116 valence electrons. The molecule has 2 saturated carbocycles. The third-order valence-electron chi connectivity index (χ3n) is 5.41. The van der Waals surface area contributed by atoms with Gasteiger partial charge >= 0.3 is 0 Å². The van der Waals surface area contributed by atoms with E-state index in [9.17, 15) is 4.79 Å². The van der Waals surface area contributed by atoms with Crippen molar-refractivity contribution in [1.29, 1.82) is 0 Å². The van der Waals surface area contributed by atoms with Gasteiger partial charge in [-0.15, -0.1) is 12.4 Å². The molecule has 0 spiro atoms. The van der Waals surface area contributed by atoms with Crippen LogP contribution in [0.2, 0.25) is 0 Å². The van der Waals surface area contributed by atoms with Crippen LogP contribution in [0.5, 0.6) is 0 Å². The summed E-state index contributed by atoms with van der Waals surface area (Å²) in [5.41, 5.74) is 5.78. The van der Waals surface area contributed by atoms with Gasteiger partial charge in [0, 0.05) is 24.5 Å². The Labute approximate surface area is 127 Å². The van der Waals surface area contributed by atoms with E-state index < -0.39 is 0 Å². The molecule has 5 atom stereocenters. The molecule has 0 radical (unpaired) electrons. The number of fused-ring (bicyclic) bond motifs is 1. The van der Waals surface area contributed by atoms with E-state index in [4.69, 9.17) is 10.5 Å². The highest BCUT2D eigenvalue weighted by Gasteiger charge is 2.40. The molecule has 3 rings (SSSR count). The number of nitrogens with one attached hydrogen (secondary N) is 1. The van der Waals surface area contributed by atoms with Crippen LogP contribution in [0.15, 0.2) is 0 Å². The molecule has 1 heterocycles. The summed E-state index contributed by atoms with van der Waals surface area (Å²) in [6, 6.07) is 0.341. The standard InChI is InChI=1S/C15H26N2O2.ClH/c16-9-10-3-1-4-11(10)15(18)17-13-5-2-6-14-12(13)7-8-19-14;/h10-14H,1-9,16H2,(H,17,18);1H/t10-,11-,12?,13?,14?;/m1./s1. The van der Waals surface area contributed by atoms with Crippen LogP contribution >= 0.6 is 12.4 Å². The number of ether oxygens (including phenoxy) is 1. The first-order valence-corrected chi connectivity index (χ1v) is 7.91. The Morgan fingerprint density at radius 3 is 2.75 bits per heavy atom. The Morgan fingerprint density at radius 1 is 1.15 bits per heavy atom. The Morgan fingerprint density at radius 2 is 1.95 bits per heavy atom. The van der Waals surface area contributed by atoms with Crippen LogP contribution < -0.4 is 11.1 Å². The summed E-state index contributed by atoms with van der Waals surface area (Å²) < 4.78 is 5.77. The molecule has 1 saturated heterocycles. The average Bonchev–Trinajstić information content (AvgIpc) is 3.07. The molecule has 0 aromatic heterocycles. The van der Waals surface area contributed by atoms with Crippen molar-refractivity contribution in [3.63, 3.8) is 0 Å². The molecule has 0 bridgehead atoms. The summed E-state index contributed by atoms with van der Waals surface area (Å²) in [5.74, 6) is 1.37. The van der Waals surface area contributed by atoms with Gasteiger partial charge in [0.2, 0.25) is 5.91 Å². The highest BCUT2D eigenvalue weighted by molar-refractivity contribution is 5.85. The van der Waals surface area contributed by atoms with Crippen molar-refractivity contribution in [3.05, 3.63) is 0 Å². The van der Waals surface area contributed by atoms with Crippen molar-refractivity contribution in [2.24, 2.45) is 23.5 Å². The molecule has 0 aromatic carbocycles. The second kappa shape index (κ2) is 7.10. The second-order valence-corrected chi connectivity index (χ2v) is 6.44. The zero-order valence-corrected chi connectivity index (χ0v) is 12.9.